The van der Waals surface area contributed by atoms with Crippen LogP contribution in [0.5, 0.6) is 5.75 Å². The van der Waals surface area contributed by atoms with Crippen molar-refractivity contribution >= 4 is 28.6 Å². The molecule has 1 aromatic heterocycles. The topological polar surface area (TPSA) is 40.5 Å². The molecule has 2 aromatic rings. The molecule has 0 aliphatic carbocycles. The van der Waals surface area contributed by atoms with Crippen LogP contribution >= 0.6 is 11.6 Å². The molecular formula is C18H22ClF2NO3. The third-order valence-electron chi connectivity index (χ3n) is 3.52. The highest BCUT2D eigenvalue weighted by Gasteiger charge is 2.23. The number of aromatic nitrogens is 1. The van der Waals surface area contributed by atoms with Crippen LogP contribution in [0.3, 0.4) is 0 Å². The van der Waals surface area contributed by atoms with Gasteiger partial charge in [0, 0.05) is 17.1 Å². The van der Waals surface area contributed by atoms with Gasteiger partial charge in [0.15, 0.2) is 0 Å². The van der Waals surface area contributed by atoms with Gasteiger partial charge < -0.3 is 9.47 Å². The molecule has 0 aliphatic rings. The largest absolute Gasteiger partial charge is 0.487 e. The van der Waals surface area contributed by atoms with Crippen molar-refractivity contribution in [2.45, 2.75) is 52.0 Å². The Labute approximate surface area is 150 Å². The molecule has 0 N–H and O–H groups in total. The van der Waals surface area contributed by atoms with Gasteiger partial charge in [0.2, 0.25) is 0 Å². The molecule has 0 bridgehead atoms. The average Bonchev–Trinajstić information content (AvgIpc) is 2.88. The molecule has 25 heavy (non-hydrogen) atoms. The number of alkyl halides is 3. The maximum Gasteiger partial charge on any atom is 0.419 e. The molecule has 0 spiro atoms. The van der Waals surface area contributed by atoms with Crippen molar-refractivity contribution in [3.63, 3.8) is 0 Å². The molecular weight excluding hydrogens is 352 g/mol. The summed E-state index contributed by atoms with van der Waals surface area (Å²) in [7, 11) is 0. The van der Waals surface area contributed by atoms with Gasteiger partial charge in [0.1, 0.15) is 18.0 Å². The molecule has 0 aliphatic heterocycles. The summed E-state index contributed by atoms with van der Waals surface area (Å²) in [6, 6.07) is 3.34. The van der Waals surface area contributed by atoms with Crippen molar-refractivity contribution in [1.82, 2.24) is 4.57 Å². The van der Waals surface area contributed by atoms with E-state index in [0.29, 0.717) is 27.8 Å². The maximum absolute atomic E-state index is 12.5. The van der Waals surface area contributed by atoms with Gasteiger partial charge in [-0.3, -0.25) is 4.57 Å². The zero-order chi connectivity index (χ0) is 18.9. The molecule has 1 aromatic carbocycles. The van der Waals surface area contributed by atoms with Crippen molar-refractivity contribution in [3.05, 3.63) is 29.5 Å². The predicted octanol–water partition coefficient (Wildman–Crippen LogP) is 5.68. The number of hydrogen-bond acceptors (Lipinski definition) is 3. The molecule has 0 fully saturated rings. The van der Waals surface area contributed by atoms with Crippen LogP contribution in [0.2, 0.25) is 0 Å². The van der Waals surface area contributed by atoms with E-state index in [1.165, 1.54) is 4.57 Å². The molecule has 2 rings (SSSR count). The van der Waals surface area contributed by atoms with E-state index in [1.807, 2.05) is 0 Å². The van der Waals surface area contributed by atoms with E-state index in [-0.39, 0.29) is 0 Å². The van der Waals surface area contributed by atoms with Gasteiger partial charge in [-0.05, 0) is 52.3 Å². The van der Waals surface area contributed by atoms with Crippen LogP contribution < -0.4 is 4.74 Å². The lowest BCUT2D eigenvalue weighted by Crippen LogP contribution is -2.26. The van der Waals surface area contributed by atoms with Crippen molar-refractivity contribution in [3.8, 4) is 5.75 Å². The lowest BCUT2D eigenvalue weighted by molar-refractivity contribution is 0.0544. The van der Waals surface area contributed by atoms with Crippen LogP contribution in [0, 0.1) is 6.92 Å². The fourth-order valence-corrected chi connectivity index (χ4v) is 2.90. The second-order valence-electron chi connectivity index (χ2n) is 6.85. The Morgan fingerprint density at radius 1 is 1.36 bits per heavy atom. The van der Waals surface area contributed by atoms with Crippen LogP contribution in [0.4, 0.5) is 13.6 Å². The van der Waals surface area contributed by atoms with Gasteiger partial charge >= 0.3 is 6.09 Å². The Kier molecular flexibility index (Phi) is 5.62. The Morgan fingerprint density at radius 2 is 2.00 bits per heavy atom. The maximum atomic E-state index is 12.5. The lowest BCUT2D eigenvalue weighted by atomic mass is 10.0. The summed E-state index contributed by atoms with van der Waals surface area (Å²) >= 11 is 6.26. The number of fused-ring (bicyclic) bond motifs is 1. The Hall–Kier alpha value is -1.82. The van der Waals surface area contributed by atoms with Crippen LogP contribution in [-0.4, -0.2) is 29.3 Å². The number of benzene rings is 1. The van der Waals surface area contributed by atoms with Crippen LogP contribution in [0.25, 0.3) is 10.9 Å². The second-order valence-corrected chi connectivity index (χ2v) is 7.51. The number of carbonyl (C=O) groups excluding carboxylic acids is 1. The molecule has 0 amide bonds. The summed E-state index contributed by atoms with van der Waals surface area (Å²) < 4.78 is 37.1. The molecule has 138 valence electrons. The SMILES string of the molecule is Cc1cc(OCC(F)F)c(C(C)Cl)c2ccn(C(=O)OC(C)(C)C)c12. The zero-order valence-electron chi connectivity index (χ0n) is 14.9. The summed E-state index contributed by atoms with van der Waals surface area (Å²) in [5.41, 5.74) is 1.27. The molecule has 0 radical (unpaired) electrons. The lowest BCUT2D eigenvalue weighted by Gasteiger charge is -2.21. The fourth-order valence-electron chi connectivity index (χ4n) is 2.67. The number of nitrogens with zero attached hydrogens (tertiary/aromatic N) is 1. The summed E-state index contributed by atoms with van der Waals surface area (Å²) in [5.74, 6) is 0.301. The standard InChI is InChI=1S/C18H22ClF2NO3/c1-10-8-13(24-9-14(20)21)15(11(2)19)12-6-7-22(16(10)12)17(23)25-18(3,4)5/h6-8,11,14H,9H2,1-5H3. The smallest absolute Gasteiger partial charge is 0.419 e. The predicted molar refractivity (Wildman–Crippen MR) is 94.1 cm³/mol. The van der Waals surface area contributed by atoms with E-state index in [9.17, 15) is 13.6 Å². The van der Waals surface area contributed by atoms with E-state index in [1.54, 1.807) is 52.9 Å². The van der Waals surface area contributed by atoms with Crippen molar-refractivity contribution < 1.29 is 23.0 Å². The minimum atomic E-state index is -2.58. The molecule has 0 saturated heterocycles. The number of rotatable bonds is 4. The summed E-state index contributed by atoms with van der Waals surface area (Å²) in [6.45, 7) is 8.14. The molecule has 1 unspecified atom stereocenters. The highest BCUT2D eigenvalue weighted by Crippen LogP contribution is 2.39. The van der Waals surface area contributed by atoms with Crippen LogP contribution in [0.15, 0.2) is 18.3 Å². The van der Waals surface area contributed by atoms with Gasteiger partial charge in [-0.1, -0.05) is 0 Å². The van der Waals surface area contributed by atoms with E-state index in [0.717, 1.165) is 0 Å². The van der Waals surface area contributed by atoms with E-state index in [4.69, 9.17) is 21.1 Å². The average molecular weight is 374 g/mol. The summed E-state index contributed by atoms with van der Waals surface area (Å²) in [4.78, 5) is 12.4. The monoisotopic (exact) mass is 373 g/mol. The van der Waals surface area contributed by atoms with Gasteiger partial charge in [-0.25, -0.2) is 13.6 Å². The summed E-state index contributed by atoms with van der Waals surface area (Å²) in [5, 5.41) is 0.197. The van der Waals surface area contributed by atoms with Crippen molar-refractivity contribution in [2.75, 3.05) is 6.61 Å². The first-order valence-electron chi connectivity index (χ1n) is 7.94. The van der Waals surface area contributed by atoms with Crippen molar-refractivity contribution in [1.29, 1.82) is 0 Å². The highest BCUT2D eigenvalue weighted by molar-refractivity contribution is 6.22. The number of halogens is 3. The minimum absolute atomic E-state index is 0.301. The number of carbonyl (C=O) groups is 1. The first-order chi connectivity index (χ1) is 11.5. The normalized spacial score (nSPS) is 13.3. The van der Waals surface area contributed by atoms with Crippen LogP contribution in [-0.2, 0) is 4.74 Å². The Balaban J connectivity index is 2.57. The molecule has 1 atom stereocenters. The first-order valence-corrected chi connectivity index (χ1v) is 8.38. The molecule has 7 heteroatoms. The first kappa shape index (κ1) is 19.5. The number of aryl methyl sites for hydroxylation is 1. The van der Waals surface area contributed by atoms with Gasteiger partial charge in [0.25, 0.3) is 6.43 Å². The quantitative estimate of drug-likeness (QED) is 0.647. The van der Waals surface area contributed by atoms with Gasteiger partial charge in [-0.15, -0.1) is 11.6 Å². The van der Waals surface area contributed by atoms with E-state index < -0.39 is 30.1 Å². The Bertz CT molecular complexity index is 779. The number of ether oxygens (including phenoxy) is 2. The van der Waals surface area contributed by atoms with Gasteiger partial charge in [-0.2, -0.15) is 0 Å². The third-order valence-corrected chi connectivity index (χ3v) is 3.73. The minimum Gasteiger partial charge on any atom is -0.487 e. The third kappa shape index (κ3) is 4.42. The molecule has 0 saturated carbocycles. The molecule has 1 heterocycles. The molecule has 4 nitrogen and oxygen atoms in total. The van der Waals surface area contributed by atoms with Gasteiger partial charge in [0.05, 0.1) is 10.9 Å². The van der Waals surface area contributed by atoms with Crippen LogP contribution in [0.1, 0.15) is 44.2 Å². The highest BCUT2D eigenvalue weighted by atomic mass is 35.5. The Morgan fingerprint density at radius 3 is 2.52 bits per heavy atom. The van der Waals surface area contributed by atoms with E-state index in [2.05, 4.69) is 0 Å². The fraction of sp³-hybridized carbons (Fsp3) is 0.500. The van der Waals surface area contributed by atoms with E-state index >= 15 is 0 Å². The zero-order valence-corrected chi connectivity index (χ0v) is 15.7. The number of hydrogen-bond donors (Lipinski definition) is 0. The summed E-state index contributed by atoms with van der Waals surface area (Å²) in [6.07, 6.45) is -1.51. The second kappa shape index (κ2) is 7.20. The van der Waals surface area contributed by atoms with Crippen molar-refractivity contribution in [2.24, 2.45) is 0 Å².